The van der Waals surface area contributed by atoms with E-state index in [1.807, 2.05) is 0 Å². The van der Waals surface area contributed by atoms with Crippen molar-refractivity contribution in [1.82, 2.24) is 15.0 Å². The van der Waals surface area contributed by atoms with Gasteiger partial charge in [0.25, 0.3) is 0 Å². The van der Waals surface area contributed by atoms with Crippen molar-refractivity contribution in [3.63, 3.8) is 0 Å². The summed E-state index contributed by atoms with van der Waals surface area (Å²) in [6, 6.07) is 0. The molecular weight excluding hydrogens is 268 g/mol. The molecule has 0 unspecified atom stereocenters. The highest BCUT2D eigenvalue weighted by atomic mass is 32.1. The number of carbonyl (C=O) groups excluding carboxylic acids is 1. The van der Waals surface area contributed by atoms with Gasteiger partial charge in [-0.1, -0.05) is 11.3 Å². The number of amides is 1. The van der Waals surface area contributed by atoms with E-state index in [4.69, 9.17) is 9.47 Å². The molecule has 0 aliphatic heterocycles. The number of nitrogens with one attached hydrogen (secondary N) is 1. The van der Waals surface area contributed by atoms with Crippen LogP contribution in [0.25, 0.3) is 10.5 Å². The van der Waals surface area contributed by atoms with Gasteiger partial charge in [0.2, 0.25) is 5.88 Å². The highest BCUT2D eigenvalue weighted by Gasteiger charge is 2.18. The maximum Gasteiger partial charge on any atom is 0.413 e. The van der Waals surface area contributed by atoms with Crippen LogP contribution in [0.4, 0.5) is 9.93 Å². The molecule has 2 aromatic rings. The molecule has 0 radical (unpaired) electrons. The lowest BCUT2D eigenvalue weighted by molar-refractivity contribution is 0.0636. The second kappa shape index (κ2) is 4.96. The van der Waals surface area contributed by atoms with Gasteiger partial charge in [-0.05, 0) is 20.8 Å². The Morgan fingerprint density at radius 2 is 2.11 bits per heavy atom. The number of thiazole rings is 1. The molecule has 1 amide bonds. The van der Waals surface area contributed by atoms with E-state index in [2.05, 4.69) is 20.3 Å². The summed E-state index contributed by atoms with van der Waals surface area (Å²) in [6.07, 6.45) is 0.915. The third kappa shape index (κ3) is 3.50. The van der Waals surface area contributed by atoms with E-state index in [1.165, 1.54) is 24.6 Å². The molecule has 1 N–H and O–H groups in total. The second-order valence-corrected chi connectivity index (χ2v) is 5.66. The van der Waals surface area contributed by atoms with E-state index in [0.29, 0.717) is 21.5 Å². The van der Waals surface area contributed by atoms with Gasteiger partial charge >= 0.3 is 6.09 Å². The number of rotatable bonds is 2. The van der Waals surface area contributed by atoms with Gasteiger partial charge in [0, 0.05) is 0 Å². The highest BCUT2D eigenvalue weighted by molar-refractivity contribution is 7.21. The van der Waals surface area contributed by atoms with Gasteiger partial charge in [-0.3, -0.25) is 5.32 Å². The van der Waals surface area contributed by atoms with Crippen molar-refractivity contribution in [3.05, 3.63) is 6.20 Å². The van der Waals surface area contributed by atoms with E-state index in [-0.39, 0.29) is 0 Å². The minimum atomic E-state index is -0.557. The smallest absolute Gasteiger partial charge is 0.413 e. The molecule has 0 saturated heterocycles. The molecule has 19 heavy (non-hydrogen) atoms. The van der Waals surface area contributed by atoms with Gasteiger partial charge in [-0.25, -0.2) is 9.78 Å². The summed E-state index contributed by atoms with van der Waals surface area (Å²) in [4.78, 5) is 24.6. The molecule has 2 aromatic heterocycles. The zero-order valence-electron chi connectivity index (χ0n) is 11.1. The average molecular weight is 282 g/mol. The summed E-state index contributed by atoms with van der Waals surface area (Å²) in [7, 11) is 1.51. The summed E-state index contributed by atoms with van der Waals surface area (Å²) in [5, 5.41) is 2.94. The number of hydrogen-bond acceptors (Lipinski definition) is 7. The van der Waals surface area contributed by atoms with Crippen LogP contribution in [0.15, 0.2) is 6.20 Å². The first-order valence-corrected chi connectivity index (χ1v) is 6.36. The molecule has 2 heterocycles. The van der Waals surface area contributed by atoms with Crippen LogP contribution in [-0.2, 0) is 4.74 Å². The molecule has 0 aromatic carbocycles. The fourth-order valence-electron chi connectivity index (χ4n) is 1.25. The molecule has 0 aliphatic rings. The van der Waals surface area contributed by atoms with Crippen molar-refractivity contribution in [2.45, 2.75) is 26.4 Å². The van der Waals surface area contributed by atoms with Crippen LogP contribution in [0.2, 0.25) is 0 Å². The Labute approximate surface area is 114 Å². The summed E-state index contributed by atoms with van der Waals surface area (Å²) in [5.41, 5.74) is -0.0996. The number of aromatic nitrogens is 3. The van der Waals surface area contributed by atoms with Crippen molar-refractivity contribution >= 4 is 33.0 Å². The summed E-state index contributed by atoms with van der Waals surface area (Å²) in [6.45, 7) is 5.37. The van der Waals surface area contributed by atoms with Crippen LogP contribution >= 0.6 is 11.3 Å². The van der Waals surface area contributed by atoms with E-state index in [0.717, 1.165) is 0 Å². The average Bonchev–Trinajstić information content (AvgIpc) is 2.66. The van der Waals surface area contributed by atoms with Gasteiger partial charge in [0.15, 0.2) is 15.6 Å². The number of fused-ring (bicyclic) bond motifs is 1. The van der Waals surface area contributed by atoms with Gasteiger partial charge in [0.1, 0.15) is 5.60 Å². The molecule has 0 fully saturated rings. The molecular formula is C11H14N4O3S. The first-order chi connectivity index (χ1) is 8.87. The van der Waals surface area contributed by atoms with Gasteiger partial charge in [-0.2, -0.15) is 9.97 Å². The zero-order chi connectivity index (χ0) is 14.0. The van der Waals surface area contributed by atoms with Crippen LogP contribution < -0.4 is 10.1 Å². The maximum atomic E-state index is 11.6. The molecule has 7 nitrogen and oxygen atoms in total. The Kier molecular flexibility index (Phi) is 3.52. The molecule has 0 aliphatic carbocycles. The first kappa shape index (κ1) is 13.5. The number of methoxy groups -OCH3 is 1. The SMILES string of the molecule is COc1cnc2nc(NC(=O)OC(C)(C)C)sc2n1. The van der Waals surface area contributed by atoms with Crippen LogP contribution in [0.3, 0.4) is 0 Å². The fraction of sp³-hybridized carbons (Fsp3) is 0.455. The number of carbonyl (C=O) groups is 1. The lowest BCUT2D eigenvalue weighted by atomic mass is 10.2. The zero-order valence-corrected chi connectivity index (χ0v) is 11.9. The van der Waals surface area contributed by atoms with Crippen molar-refractivity contribution < 1.29 is 14.3 Å². The molecule has 2 rings (SSSR count). The molecule has 8 heteroatoms. The van der Waals surface area contributed by atoms with Crippen molar-refractivity contribution in [2.75, 3.05) is 12.4 Å². The lowest BCUT2D eigenvalue weighted by Crippen LogP contribution is -2.27. The third-order valence-electron chi connectivity index (χ3n) is 1.92. The van der Waals surface area contributed by atoms with E-state index in [9.17, 15) is 4.79 Å². The Balaban J connectivity index is 2.15. The topological polar surface area (TPSA) is 86.2 Å². The van der Waals surface area contributed by atoms with Crippen LogP contribution in [-0.4, -0.2) is 33.8 Å². The van der Waals surface area contributed by atoms with Gasteiger partial charge < -0.3 is 9.47 Å². The lowest BCUT2D eigenvalue weighted by Gasteiger charge is -2.18. The number of nitrogens with zero attached hydrogens (tertiary/aromatic N) is 3. The number of hydrogen-bond donors (Lipinski definition) is 1. The van der Waals surface area contributed by atoms with E-state index in [1.54, 1.807) is 20.8 Å². The van der Waals surface area contributed by atoms with Gasteiger partial charge in [-0.15, -0.1) is 0 Å². The van der Waals surface area contributed by atoms with Gasteiger partial charge in [0.05, 0.1) is 13.3 Å². The molecule has 0 saturated carbocycles. The quantitative estimate of drug-likeness (QED) is 0.910. The summed E-state index contributed by atoms with van der Waals surface area (Å²) < 4.78 is 10.1. The third-order valence-corrected chi connectivity index (χ3v) is 2.77. The predicted octanol–water partition coefficient (Wildman–Crippen LogP) is 2.44. The fourth-order valence-corrected chi connectivity index (χ4v) is 2.02. The monoisotopic (exact) mass is 282 g/mol. The Morgan fingerprint density at radius 1 is 1.37 bits per heavy atom. The Hall–Kier alpha value is -1.96. The molecule has 0 atom stereocenters. The van der Waals surface area contributed by atoms with Crippen LogP contribution in [0, 0.1) is 0 Å². The number of ether oxygens (including phenoxy) is 2. The second-order valence-electron chi connectivity index (χ2n) is 4.69. The summed E-state index contributed by atoms with van der Waals surface area (Å²) >= 11 is 1.20. The van der Waals surface area contributed by atoms with E-state index < -0.39 is 11.7 Å². The van der Waals surface area contributed by atoms with E-state index >= 15 is 0 Å². The minimum absolute atomic E-state index is 0.387. The maximum absolute atomic E-state index is 11.6. The Morgan fingerprint density at radius 3 is 2.74 bits per heavy atom. The minimum Gasteiger partial charge on any atom is -0.480 e. The normalized spacial score (nSPS) is 11.4. The van der Waals surface area contributed by atoms with Crippen molar-refractivity contribution in [1.29, 1.82) is 0 Å². The summed E-state index contributed by atoms with van der Waals surface area (Å²) in [5.74, 6) is 0.403. The highest BCUT2D eigenvalue weighted by Crippen LogP contribution is 2.24. The number of anilines is 1. The largest absolute Gasteiger partial charge is 0.480 e. The van der Waals surface area contributed by atoms with Crippen molar-refractivity contribution in [3.8, 4) is 5.88 Å². The van der Waals surface area contributed by atoms with Crippen LogP contribution in [0.1, 0.15) is 20.8 Å². The molecule has 0 spiro atoms. The molecule has 102 valence electrons. The van der Waals surface area contributed by atoms with Crippen LogP contribution in [0.5, 0.6) is 5.88 Å². The first-order valence-electron chi connectivity index (χ1n) is 5.55. The Bertz CT molecular complexity index is 605. The predicted molar refractivity (Wildman–Crippen MR) is 71.6 cm³/mol. The standard InChI is InChI=1S/C11H14N4O3S/c1-11(2,3)18-10(16)15-9-14-7-8(19-9)13-6(17-4)5-12-7/h5H,1-4H3,(H,12,14,15,16). The van der Waals surface area contributed by atoms with Crippen molar-refractivity contribution in [2.24, 2.45) is 0 Å². The molecule has 0 bridgehead atoms.